The predicted molar refractivity (Wildman–Crippen MR) is 64.5 cm³/mol. The SMILES string of the molecule is C(=C\c1cccs1)/CC1CCCCC1. The molecule has 0 aliphatic heterocycles. The minimum absolute atomic E-state index is 0.972. The maximum atomic E-state index is 2.36. The third-order valence-electron chi connectivity index (χ3n) is 3.02. The van der Waals surface area contributed by atoms with Gasteiger partial charge in [0.1, 0.15) is 0 Å². The monoisotopic (exact) mass is 206 g/mol. The lowest BCUT2D eigenvalue weighted by Crippen LogP contribution is -2.04. The molecule has 0 aromatic carbocycles. The summed E-state index contributed by atoms with van der Waals surface area (Å²) in [6.45, 7) is 0. The molecule has 2 rings (SSSR count). The molecule has 0 nitrogen and oxygen atoms in total. The van der Waals surface area contributed by atoms with E-state index in [0.29, 0.717) is 0 Å². The van der Waals surface area contributed by atoms with Crippen molar-refractivity contribution in [2.45, 2.75) is 38.5 Å². The lowest BCUT2D eigenvalue weighted by molar-refractivity contribution is 0.362. The van der Waals surface area contributed by atoms with Crippen molar-refractivity contribution in [3.8, 4) is 0 Å². The van der Waals surface area contributed by atoms with E-state index in [4.69, 9.17) is 0 Å². The van der Waals surface area contributed by atoms with Crippen molar-refractivity contribution < 1.29 is 0 Å². The van der Waals surface area contributed by atoms with Gasteiger partial charge in [-0.2, -0.15) is 0 Å². The molecule has 0 N–H and O–H groups in total. The Morgan fingerprint density at radius 1 is 1.29 bits per heavy atom. The zero-order valence-electron chi connectivity index (χ0n) is 8.61. The summed E-state index contributed by atoms with van der Waals surface area (Å²) >= 11 is 1.82. The van der Waals surface area contributed by atoms with Gasteiger partial charge in [0.25, 0.3) is 0 Å². The van der Waals surface area contributed by atoms with Crippen LogP contribution in [0, 0.1) is 5.92 Å². The Bertz CT molecular complexity index is 265. The molecule has 1 aliphatic rings. The Morgan fingerprint density at radius 3 is 2.86 bits per heavy atom. The summed E-state index contributed by atoms with van der Waals surface area (Å²) < 4.78 is 0. The highest BCUT2D eigenvalue weighted by atomic mass is 32.1. The fourth-order valence-electron chi connectivity index (χ4n) is 2.19. The lowest BCUT2D eigenvalue weighted by atomic mass is 9.87. The Labute approximate surface area is 90.7 Å². The number of rotatable bonds is 3. The Balaban J connectivity index is 1.76. The zero-order valence-corrected chi connectivity index (χ0v) is 9.43. The molecule has 0 radical (unpaired) electrons. The van der Waals surface area contributed by atoms with Crippen LogP contribution < -0.4 is 0 Å². The molecule has 1 aliphatic carbocycles. The van der Waals surface area contributed by atoms with Gasteiger partial charge in [-0.1, -0.05) is 44.2 Å². The Hall–Kier alpha value is -0.560. The summed E-state index contributed by atoms with van der Waals surface area (Å²) in [5.41, 5.74) is 0. The van der Waals surface area contributed by atoms with Gasteiger partial charge in [-0.3, -0.25) is 0 Å². The van der Waals surface area contributed by atoms with Gasteiger partial charge >= 0.3 is 0 Å². The molecule has 14 heavy (non-hydrogen) atoms. The van der Waals surface area contributed by atoms with Crippen LogP contribution in [0.25, 0.3) is 6.08 Å². The van der Waals surface area contributed by atoms with Crippen molar-refractivity contribution >= 4 is 17.4 Å². The fraction of sp³-hybridized carbons (Fsp3) is 0.538. The van der Waals surface area contributed by atoms with E-state index < -0.39 is 0 Å². The molecule has 0 bridgehead atoms. The molecule has 1 heterocycles. The molecule has 0 spiro atoms. The van der Waals surface area contributed by atoms with Gasteiger partial charge in [0, 0.05) is 4.88 Å². The van der Waals surface area contributed by atoms with Gasteiger partial charge in [-0.15, -0.1) is 11.3 Å². The largest absolute Gasteiger partial charge is 0.144 e. The quantitative estimate of drug-likeness (QED) is 0.670. The molecule has 76 valence electrons. The van der Waals surface area contributed by atoms with Gasteiger partial charge in [0.05, 0.1) is 0 Å². The second-order valence-electron chi connectivity index (χ2n) is 4.16. The van der Waals surface area contributed by atoms with Crippen LogP contribution in [0.5, 0.6) is 0 Å². The fourth-order valence-corrected chi connectivity index (χ4v) is 2.83. The van der Waals surface area contributed by atoms with Crippen LogP contribution in [0.1, 0.15) is 43.4 Å². The maximum absolute atomic E-state index is 2.36. The Morgan fingerprint density at radius 2 is 2.14 bits per heavy atom. The van der Waals surface area contributed by atoms with Crippen LogP contribution in [-0.2, 0) is 0 Å². The van der Waals surface area contributed by atoms with Crippen molar-refractivity contribution in [1.29, 1.82) is 0 Å². The highest BCUT2D eigenvalue weighted by molar-refractivity contribution is 7.10. The summed E-state index contributed by atoms with van der Waals surface area (Å²) in [5, 5.41) is 2.14. The standard InChI is InChI=1S/C13H18S/c1-2-6-12(7-3-1)8-4-9-13-10-5-11-14-13/h4-5,9-12H,1-3,6-8H2/b9-4+. The van der Waals surface area contributed by atoms with Crippen molar-refractivity contribution in [2.75, 3.05) is 0 Å². The molecule has 1 fully saturated rings. The summed E-state index contributed by atoms with van der Waals surface area (Å²) in [6, 6.07) is 4.30. The zero-order chi connectivity index (χ0) is 9.64. The molecule has 1 aromatic heterocycles. The highest BCUT2D eigenvalue weighted by Crippen LogP contribution is 2.26. The van der Waals surface area contributed by atoms with Crippen LogP contribution >= 0.6 is 11.3 Å². The number of thiophene rings is 1. The van der Waals surface area contributed by atoms with E-state index >= 15 is 0 Å². The number of hydrogen-bond acceptors (Lipinski definition) is 1. The average Bonchev–Trinajstić information content (AvgIpc) is 2.72. The van der Waals surface area contributed by atoms with Crippen LogP contribution in [0.3, 0.4) is 0 Å². The first kappa shape index (κ1) is 9.97. The summed E-state index contributed by atoms with van der Waals surface area (Å²) in [4.78, 5) is 1.39. The topological polar surface area (TPSA) is 0 Å². The lowest BCUT2D eigenvalue weighted by Gasteiger charge is -2.19. The van der Waals surface area contributed by atoms with Crippen LogP contribution in [0.2, 0.25) is 0 Å². The van der Waals surface area contributed by atoms with E-state index in [-0.39, 0.29) is 0 Å². The second kappa shape index (κ2) is 5.35. The van der Waals surface area contributed by atoms with Crippen molar-refractivity contribution in [1.82, 2.24) is 0 Å². The molecule has 1 heteroatoms. The van der Waals surface area contributed by atoms with E-state index in [2.05, 4.69) is 29.7 Å². The molecule has 1 aromatic rings. The first-order valence-electron chi connectivity index (χ1n) is 5.65. The summed E-state index contributed by atoms with van der Waals surface area (Å²) in [6.07, 6.45) is 13.2. The minimum Gasteiger partial charge on any atom is -0.144 e. The van der Waals surface area contributed by atoms with Crippen molar-refractivity contribution in [3.05, 3.63) is 28.5 Å². The summed E-state index contributed by atoms with van der Waals surface area (Å²) in [7, 11) is 0. The minimum atomic E-state index is 0.972. The van der Waals surface area contributed by atoms with Gasteiger partial charge in [-0.25, -0.2) is 0 Å². The molecular formula is C13H18S. The molecule has 0 saturated heterocycles. The van der Waals surface area contributed by atoms with E-state index in [1.165, 1.54) is 43.4 Å². The van der Waals surface area contributed by atoms with E-state index in [9.17, 15) is 0 Å². The molecule has 0 amide bonds. The van der Waals surface area contributed by atoms with Gasteiger partial charge in [-0.05, 0) is 29.9 Å². The molecule has 0 unspecified atom stereocenters. The van der Waals surface area contributed by atoms with E-state index in [1.807, 2.05) is 11.3 Å². The smallest absolute Gasteiger partial charge is 0.0267 e. The van der Waals surface area contributed by atoms with E-state index in [1.54, 1.807) is 0 Å². The van der Waals surface area contributed by atoms with Gasteiger partial charge in [0.15, 0.2) is 0 Å². The van der Waals surface area contributed by atoms with Crippen LogP contribution in [0.4, 0.5) is 0 Å². The Kier molecular flexibility index (Phi) is 3.81. The third kappa shape index (κ3) is 2.98. The second-order valence-corrected chi connectivity index (χ2v) is 5.14. The van der Waals surface area contributed by atoms with Gasteiger partial charge < -0.3 is 0 Å². The predicted octanol–water partition coefficient (Wildman–Crippen LogP) is 4.73. The third-order valence-corrected chi connectivity index (χ3v) is 3.86. The van der Waals surface area contributed by atoms with Crippen molar-refractivity contribution in [3.63, 3.8) is 0 Å². The van der Waals surface area contributed by atoms with Crippen molar-refractivity contribution in [2.24, 2.45) is 5.92 Å². The molecule has 1 saturated carbocycles. The molecular weight excluding hydrogens is 188 g/mol. The summed E-state index contributed by atoms with van der Waals surface area (Å²) in [5.74, 6) is 0.972. The van der Waals surface area contributed by atoms with E-state index in [0.717, 1.165) is 5.92 Å². The first-order valence-corrected chi connectivity index (χ1v) is 6.53. The van der Waals surface area contributed by atoms with Gasteiger partial charge in [0.2, 0.25) is 0 Å². The first-order chi connectivity index (χ1) is 6.95. The van der Waals surface area contributed by atoms with Crippen LogP contribution in [-0.4, -0.2) is 0 Å². The number of allylic oxidation sites excluding steroid dienone is 1. The number of hydrogen-bond donors (Lipinski definition) is 0. The molecule has 0 atom stereocenters. The highest BCUT2D eigenvalue weighted by Gasteiger charge is 2.10. The average molecular weight is 206 g/mol. The normalized spacial score (nSPS) is 19.1. The van der Waals surface area contributed by atoms with Crippen LogP contribution in [0.15, 0.2) is 23.6 Å². The maximum Gasteiger partial charge on any atom is 0.0267 e.